The van der Waals surface area contributed by atoms with Crippen LogP contribution in [0.5, 0.6) is 0 Å². The van der Waals surface area contributed by atoms with E-state index in [1.54, 1.807) is 17.0 Å². The van der Waals surface area contributed by atoms with Crippen molar-refractivity contribution >= 4 is 11.8 Å². The minimum atomic E-state index is -0.714. The topological polar surface area (TPSA) is 61.9 Å². The van der Waals surface area contributed by atoms with Crippen LogP contribution in [-0.2, 0) is 33.7 Å². The van der Waals surface area contributed by atoms with Crippen LogP contribution < -0.4 is 5.32 Å². The minimum absolute atomic E-state index is 0.153. The zero-order chi connectivity index (χ0) is 25.9. The molecule has 1 saturated heterocycles. The van der Waals surface area contributed by atoms with Crippen LogP contribution in [0.1, 0.15) is 16.7 Å². The molecule has 3 aromatic rings. The summed E-state index contributed by atoms with van der Waals surface area (Å²) in [6, 6.07) is 24.6. The third kappa shape index (κ3) is 8.23. The quantitative estimate of drug-likeness (QED) is 0.436. The summed E-state index contributed by atoms with van der Waals surface area (Å²) in [7, 11) is 0. The number of hydrogen-bond donors (Lipinski definition) is 1. The van der Waals surface area contributed by atoms with Crippen LogP contribution in [0.15, 0.2) is 84.9 Å². The van der Waals surface area contributed by atoms with E-state index in [4.69, 9.17) is 4.74 Å². The summed E-state index contributed by atoms with van der Waals surface area (Å²) >= 11 is 0. The molecule has 37 heavy (non-hydrogen) atoms. The van der Waals surface area contributed by atoms with E-state index in [1.807, 2.05) is 60.7 Å². The van der Waals surface area contributed by atoms with Crippen molar-refractivity contribution in [1.82, 2.24) is 15.1 Å². The molecule has 0 radical (unpaired) electrons. The van der Waals surface area contributed by atoms with Crippen LogP contribution in [0.4, 0.5) is 4.39 Å². The van der Waals surface area contributed by atoms with Gasteiger partial charge in [0.05, 0.1) is 19.6 Å². The Morgan fingerprint density at radius 2 is 1.49 bits per heavy atom. The number of nitrogens with zero attached hydrogens (tertiary/aromatic N) is 2. The molecule has 0 aromatic heterocycles. The Morgan fingerprint density at radius 1 is 0.865 bits per heavy atom. The lowest BCUT2D eigenvalue weighted by Gasteiger charge is -2.32. The molecule has 0 unspecified atom stereocenters. The van der Waals surface area contributed by atoms with Crippen molar-refractivity contribution in [3.05, 3.63) is 107 Å². The first kappa shape index (κ1) is 26.5. The second-order valence-corrected chi connectivity index (χ2v) is 9.26. The lowest BCUT2D eigenvalue weighted by Crippen LogP contribution is -2.52. The monoisotopic (exact) mass is 503 g/mol. The van der Waals surface area contributed by atoms with Gasteiger partial charge in [-0.25, -0.2) is 4.39 Å². The highest BCUT2D eigenvalue weighted by Crippen LogP contribution is 2.17. The summed E-state index contributed by atoms with van der Waals surface area (Å²) in [5.41, 5.74) is 2.61. The van der Waals surface area contributed by atoms with Crippen molar-refractivity contribution < 1.29 is 18.7 Å². The van der Waals surface area contributed by atoms with Crippen LogP contribution in [0.3, 0.4) is 0 Å². The molecule has 1 heterocycles. The molecule has 0 bridgehead atoms. The molecule has 1 aliphatic heterocycles. The highest BCUT2D eigenvalue weighted by atomic mass is 19.1. The number of benzene rings is 3. The molecule has 2 amide bonds. The Kier molecular flexibility index (Phi) is 9.80. The van der Waals surface area contributed by atoms with Crippen LogP contribution in [0, 0.1) is 5.82 Å². The maximum absolute atomic E-state index is 13.7. The Bertz CT molecular complexity index is 1120. The first-order valence-electron chi connectivity index (χ1n) is 12.8. The number of carbonyl (C=O) groups excluding carboxylic acids is 2. The predicted octanol–water partition coefficient (Wildman–Crippen LogP) is 3.46. The van der Waals surface area contributed by atoms with Crippen LogP contribution in [0.25, 0.3) is 0 Å². The van der Waals surface area contributed by atoms with Gasteiger partial charge in [0, 0.05) is 39.1 Å². The molecule has 0 spiro atoms. The van der Waals surface area contributed by atoms with Gasteiger partial charge in [-0.3, -0.25) is 14.5 Å². The average molecular weight is 504 g/mol. The summed E-state index contributed by atoms with van der Waals surface area (Å²) in [4.78, 5) is 31.2. The summed E-state index contributed by atoms with van der Waals surface area (Å²) in [6.45, 7) is 4.50. The molecule has 194 valence electrons. The van der Waals surface area contributed by atoms with Gasteiger partial charge in [-0.05, 0) is 28.8 Å². The van der Waals surface area contributed by atoms with E-state index in [9.17, 15) is 14.0 Å². The zero-order valence-electron chi connectivity index (χ0n) is 21.0. The van der Waals surface area contributed by atoms with Crippen LogP contribution >= 0.6 is 0 Å². The van der Waals surface area contributed by atoms with Crippen molar-refractivity contribution in [2.24, 2.45) is 0 Å². The van der Waals surface area contributed by atoms with Gasteiger partial charge in [-0.2, -0.15) is 0 Å². The van der Waals surface area contributed by atoms with Gasteiger partial charge in [0.15, 0.2) is 0 Å². The van der Waals surface area contributed by atoms with Crippen molar-refractivity contribution in [1.29, 1.82) is 0 Å². The maximum atomic E-state index is 13.7. The Labute approximate surface area is 218 Å². The predicted molar refractivity (Wildman–Crippen MR) is 141 cm³/mol. The fraction of sp³-hybridized carbons (Fsp3) is 0.333. The van der Waals surface area contributed by atoms with E-state index in [0.29, 0.717) is 26.2 Å². The second kappa shape index (κ2) is 13.7. The molecule has 3 aromatic carbocycles. The number of carbonyl (C=O) groups is 2. The number of hydrogen-bond acceptors (Lipinski definition) is 4. The average Bonchev–Trinajstić information content (AvgIpc) is 2.93. The SMILES string of the molecule is O=C(NCCN1CCOCC1)[C@@H](Cc1ccccc1)N(Cc1ccc(F)cc1)C(=O)Cc1ccccc1. The molecule has 6 nitrogen and oxygen atoms in total. The van der Waals surface area contributed by atoms with E-state index in [2.05, 4.69) is 10.2 Å². The summed E-state index contributed by atoms with van der Waals surface area (Å²) in [5.74, 6) is -0.687. The van der Waals surface area contributed by atoms with E-state index in [-0.39, 0.29) is 30.6 Å². The number of morpholine rings is 1. The maximum Gasteiger partial charge on any atom is 0.243 e. The van der Waals surface area contributed by atoms with Gasteiger partial charge < -0.3 is 15.0 Å². The van der Waals surface area contributed by atoms with Gasteiger partial charge in [0.2, 0.25) is 11.8 Å². The Balaban J connectivity index is 1.56. The van der Waals surface area contributed by atoms with Gasteiger partial charge in [-0.1, -0.05) is 72.8 Å². The molecule has 1 fully saturated rings. The lowest BCUT2D eigenvalue weighted by atomic mass is 10.0. The van der Waals surface area contributed by atoms with E-state index in [1.165, 1.54) is 12.1 Å². The van der Waals surface area contributed by atoms with Gasteiger partial charge in [0.1, 0.15) is 11.9 Å². The van der Waals surface area contributed by atoms with E-state index < -0.39 is 6.04 Å². The smallest absolute Gasteiger partial charge is 0.243 e. The number of nitrogens with one attached hydrogen (secondary N) is 1. The first-order valence-corrected chi connectivity index (χ1v) is 12.8. The first-order chi connectivity index (χ1) is 18.1. The Hall–Kier alpha value is -3.55. The van der Waals surface area contributed by atoms with Crippen molar-refractivity contribution in [2.75, 3.05) is 39.4 Å². The van der Waals surface area contributed by atoms with Gasteiger partial charge >= 0.3 is 0 Å². The van der Waals surface area contributed by atoms with Crippen molar-refractivity contribution in [3.8, 4) is 0 Å². The molecule has 0 saturated carbocycles. The summed E-state index contributed by atoms with van der Waals surface area (Å²) in [5, 5.41) is 3.07. The largest absolute Gasteiger partial charge is 0.379 e. The fourth-order valence-corrected chi connectivity index (χ4v) is 4.49. The highest BCUT2D eigenvalue weighted by molar-refractivity contribution is 5.88. The van der Waals surface area contributed by atoms with Crippen molar-refractivity contribution in [2.45, 2.75) is 25.4 Å². The molecular weight excluding hydrogens is 469 g/mol. The Morgan fingerprint density at radius 3 is 2.14 bits per heavy atom. The van der Waals surface area contributed by atoms with Gasteiger partial charge in [-0.15, -0.1) is 0 Å². The molecular formula is C30H34FN3O3. The van der Waals surface area contributed by atoms with Crippen LogP contribution in [-0.4, -0.2) is 67.0 Å². The molecule has 1 N–H and O–H groups in total. The molecule has 0 aliphatic carbocycles. The number of rotatable bonds is 11. The fourth-order valence-electron chi connectivity index (χ4n) is 4.49. The summed E-state index contributed by atoms with van der Waals surface area (Å²) < 4.78 is 19.0. The van der Waals surface area contributed by atoms with Crippen LogP contribution in [0.2, 0.25) is 0 Å². The van der Waals surface area contributed by atoms with Crippen molar-refractivity contribution in [3.63, 3.8) is 0 Å². The normalized spacial score (nSPS) is 14.6. The van der Waals surface area contributed by atoms with Gasteiger partial charge in [0.25, 0.3) is 0 Å². The minimum Gasteiger partial charge on any atom is -0.379 e. The molecule has 1 atom stereocenters. The third-order valence-electron chi connectivity index (χ3n) is 6.57. The number of amides is 2. The number of halogens is 1. The standard InChI is InChI=1S/C30H34FN3O3/c31-27-13-11-26(12-14-27)23-34(29(35)22-25-9-5-2-6-10-25)28(21-24-7-3-1-4-8-24)30(36)32-15-16-33-17-19-37-20-18-33/h1-14,28H,15-23H2,(H,32,36)/t28-/m1/s1. The zero-order valence-corrected chi connectivity index (χ0v) is 21.0. The lowest BCUT2D eigenvalue weighted by molar-refractivity contribution is -0.140. The highest BCUT2D eigenvalue weighted by Gasteiger charge is 2.30. The summed E-state index contributed by atoms with van der Waals surface area (Å²) in [6.07, 6.45) is 0.556. The molecule has 1 aliphatic rings. The molecule has 7 heteroatoms. The third-order valence-corrected chi connectivity index (χ3v) is 6.57. The molecule has 4 rings (SSSR count). The van der Waals surface area contributed by atoms with E-state index >= 15 is 0 Å². The second-order valence-electron chi connectivity index (χ2n) is 9.26. The number of ether oxygens (including phenoxy) is 1. The van der Waals surface area contributed by atoms with E-state index in [0.717, 1.165) is 36.3 Å².